The zero-order valence-corrected chi connectivity index (χ0v) is 18.8. The summed E-state index contributed by atoms with van der Waals surface area (Å²) in [7, 11) is 1.63. The van der Waals surface area contributed by atoms with Crippen molar-refractivity contribution in [2.45, 2.75) is 43.8 Å². The molecule has 0 radical (unpaired) electrons. The van der Waals surface area contributed by atoms with Crippen molar-refractivity contribution in [2.75, 3.05) is 7.11 Å². The summed E-state index contributed by atoms with van der Waals surface area (Å²) in [6.07, 6.45) is 2.68. The molecule has 6 nitrogen and oxygen atoms in total. The van der Waals surface area contributed by atoms with E-state index < -0.39 is 0 Å². The Bertz CT molecular complexity index is 1030. The van der Waals surface area contributed by atoms with Gasteiger partial charge in [-0.25, -0.2) is 0 Å². The summed E-state index contributed by atoms with van der Waals surface area (Å²) in [6, 6.07) is 16.1. The first-order valence-corrected chi connectivity index (χ1v) is 11.2. The van der Waals surface area contributed by atoms with Gasteiger partial charge in [-0.3, -0.25) is 4.79 Å². The lowest BCUT2D eigenvalue weighted by Crippen LogP contribution is -2.23. The minimum Gasteiger partial charge on any atom is -0.496 e. The van der Waals surface area contributed by atoms with Gasteiger partial charge in [-0.1, -0.05) is 65.9 Å². The predicted molar refractivity (Wildman–Crippen MR) is 124 cm³/mol. The van der Waals surface area contributed by atoms with Crippen molar-refractivity contribution in [3.8, 4) is 5.75 Å². The molecule has 0 aliphatic heterocycles. The van der Waals surface area contributed by atoms with Crippen molar-refractivity contribution >= 4 is 17.7 Å². The lowest BCUT2D eigenvalue weighted by atomic mass is 10.2. The van der Waals surface area contributed by atoms with Gasteiger partial charge >= 0.3 is 0 Å². The van der Waals surface area contributed by atoms with Crippen molar-refractivity contribution in [1.29, 1.82) is 0 Å². The fraction of sp³-hybridized carbons (Fsp3) is 0.292. The molecule has 3 aromatic rings. The molecule has 7 heteroatoms. The van der Waals surface area contributed by atoms with Crippen LogP contribution in [-0.4, -0.2) is 27.8 Å². The number of ether oxygens (including phenoxy) is 1. The summed E-state index contributed by atoms with van der Waals surface area (Å²) in [5.41, 5.74) is 3.43. The van der Waals surface area contributed by atoms with E-state index in [1.165, 1.54) is 11.1 Å². The van der Waals surface area contributed by atoms with Gasteiger partial charge in [0, 0.05) is 37.2 Å². The summed E-state index contributed by atoms with van der Waals surface area (Å²) in [6.45, 7) is 6.98. The van der Waals surface area contributed by atoms with Gasteiger partial charge in [0.15, 0.2) is 5.16 Å². The average Bonchev–Trinajstić information content (AvgIpc) is 3.17. The van der Waals surface area contributed by atoms with Crippen LogP contribution in [0.25, 0.3) is 0 Å². The minimum absolute atomic E-state index is 0.0342. The number of rotatable bonds is 11. The number of para-hydroxylation sites is 1. The monoisotopic (exact) mass is 436 g/mol. The molecule has 31 heavy (non-hydrogen) atoms. The molecule has 0 unspecified atom stereocenters. The Morgan fingerprint density at radius 1 is 1.23 bits per heavy atom. The molecule has 162 valence electrons. The number of allylic oxidation sites excluding steroid dienone is 1. The molecule has 0 bridgehead atoms. The van der Waals surface area contributed by atoms with Crippen LogP contribution in [0.2, 0.25) is 0 Å². The van der Waals surface area contributed by atoms with Crippen molar-refractivity contribution in [2.24, 2.45) is 0 Å². The van der Waals surface area contributed by atoms with Gasteiger partial charge in [-0.05, 0) is 18.6 Å². The molecule has 1 heterocycles. The number of methoxy groups -OCH3 is 1. The molecule has 0 aliphatic rings. The number of nitrogens with one attached hydrogen (secondary N) is 1. The number of hydrogen-bond donors (Lipinski definition) is 1. The molecule has 0 saturated heterocycles. The quantitative estimate of drug-likeness (QED) is 0.358. The van der Waals surface area contributed by atoms with Gasteiger partial charge in [-0.15, -0.1) is 16.8 Å². The molecule has 2 aromatic carbocycles. The number of hydrogen-bond acceptors (Lipinski definition) is 5. The molecule has 1 aromatic heterocycles. The Balaban J connectivity index is 1.56. The molecule has 1 amide bonds. The van der Waals surface area contributed by atoms with Crippen LogP contribution < -0.4 is 10.1 Å². The van der Waals surface area contributed by atoms with Crippen LogP contribution in [0.4, 0.5) is 0 Å². The Kier molecular flexibility index (Phi) is 8.29. The van der Waals surface area contributed by atoms with Crippen LogP contribution in [0.3, 0.4) is 0 Å². The van der Waals surface area contributed by atoms with Crippen molar-refractivity contribution in [1.82, 2.24) is 20.1 Å². The van der Waals surface area contributed by atoms with Gasteiger partial charge in [0.25, 0.3) is 0 Å². The van der Waals surface area contributed by atoms with Crippen LogP contribution in [0.15, 0.2) is 66.3 Å². The molecule has 0 atom stereocenters. The first kappa shape index (κ1) is 22.6. The maximum atomic E-state index is 12.4. The van der Waals surface area contributed by atoms with Crippen LogP contribution in [-0.2, 0) is 30.1 Å². The third kappa shape index (κ3) is 6.46. The zero-order valence-electron chi connectivity index (χ0n) is 18.0. The van der Waals surface area contributed by atoms with Gasteiger partial charge in [0.1, 0.15) is 11.6 Å². The predicted octanol–water partition coefficient (Wildman–Crippen LogP) is 4.32. The number of aromatic nitrogens is 3. The van der Waals surface area contributed by atoms with E-state index in [9.17, 15) is 4.79 Å². The van der Waals surface area contributed by atoms with E-state index >= 15 is 0 Å². The van der Waals surface area contributed by atoms with Crippen molar-refractivity contribution < 1.29 is 9.53 Å². The zero-order chi connectivity index (χ0) is 22.1. The Morgan fingerprint density at radius 3 is 2.84 bits per heavy atom. The number of amides is 1. The summed E-state index contributed by atoms with van der Waals surface area (Å²) in [5, 5.41) is 12.5. The highest BCUT2D eigenvalue weighted by Crippen LogP contribution is 2.23. The molecular formula is C24H28N4O2S. The first-order valence-electron chi connectivity index (χ1n) is 10.2. The second-order valence-electron chi connectivity index (χ2n) is 7.16. The highest BCUT2D eigenvalue weighted by atomic mass is 32.2. The Morgan fingerprint density at radius 2 is 2.06 bits per heavy atom. The Labute approximate surface area is 187 Å². The van der Waals surface area contributed by atoms with Crippen LogP contribution in [0, 0.1) is 6.92 Å². The first-order chi connectivity index (χ1) is 15.1. The molecule has 0 fully saturated rings. The van der Waals surface area contributed by atoms with Crippen LogP contribution in [0.5, 0.6) is 5.75 Å². The normalized spacial score (nSPS) is 10.6. The van der Waals surface area contributed by atoms with Crippen LogP contribution >= 0.6 is 11.8 Å². The highest BCUT2D eigenvalue weighted by Gasteiger charge is 2.14. The standard InChI is InChI=1S/C24H28N4O2S/c1-4-14-28-22(26-27-24(28)31-17-19-9-7-8-18(2)15-19)12-13-23(29)25-16-20-10-5-6-11-21(20)30-3/h4-11,15H,1,12-14,16-17H2,2-3H3,(H,25,29). The van der Waals surface area contributed by atoms with Gasteiger partial charge < -0.3 is 14.6 Å². The van der Waals surface area contributed by atoms with E-state index in [0.717, 1.165) is 28.0 Å². The number of carbonyl (C=O) groups is 1. The fourth-order valence-electron chi connectivity index (χ4n) is 3.23. The van der Waals surface area contributed by atoms with Gasteiger partial charge in [0.05, 0.1) is 7.11 Å². The molecule has 0 saturated carbocycles. The van der Waals surface area contributed by atoms with E-state index in [2.05, 4.69) is 53.3 Å². The fourth-order valence-corrected chi connectivity index (χ4v) is 4.14. The largest absolute Gasteiger partial charge is 0.496 e. The third-order valence-corrected chi connectivity index (χ3v) is 5.84. The van der Waals surface area contributed by atoms with Crippen LogP contribution in [0.1, 0.15) is 28.9 Å². The molecular weight excluding hydrogens is 408 g/mol. The summed E-state index contributed by atoms with van der Waals surface area (Å²) < 4.78 is 7.36. The molecule has 3 rings (SSSR count). The number of nitrogens with zero attached hydrogens (tertiary/aromatic N) is 3. The highest BCUT2D eigenvalue weighted by molar-refractivity contribution is 7.98. The van der Waals surface area contributed by atoms with Crippen molar-refractivity contribution in [3.63, 3.8) is 0 Å². The third-order valence-electron chi connectivity index (χ3n) is 4.80. The SMILES string of the molecule is C=CCn1c(CCC(=O)NCc2ccccc2OC)nnc1SCc1cccc(C)c1. The number of thioether (sulfide) groups is 1. The minimum atomic E-state index is -0.0342. The second-order valence-corrected chi connectivity index (χ2v) is 8.11. The molecule has 1 N–H and O–H groups in total. The van der Waals surface area contributed by atoms with E-state index in [1.807, 2.05) is 34.9 Å². The summed E-state index contributed by atoms with van der Waals surface area (Å²) in [4.78, 5) is 12.4. The van der Waals surface area contributed by atoms with E-state index in [1.54, 1.807) is 18.9 Å². The Hall–Kier alpha value is -3.06. The van der Waals surface area contributed by atoms with E-state index in [-0.39, 0.29) is 5.91 Å². The number of carbonyl (C=O) groups excluding carboxylic acids is 1. The number of aryl methyl sites for hydroxylation is 2. The maximum Gasteiger partial charge on any atom is 0.220 e. The average molecular weight is 437 g/mol. The summed E-state index contributed by atoms with van der Waals surface area (Å²) >= 11 is 1.64. The lowest BCUT2D eigenvalue weighted by Gasteiger charge is -2.10. The smallest absolute Gasteiger partial charge is 0.220 e. The topological polar surface area (TPSA) is 69.0 Å². The van der Waals surface area contributed by atoms with E-state index in [0.29, 0.717) is 25.9 Å². The molecule has 0 spiro atoms. The lowest BCUT2D eigenvalue weighted by molar-refractivity contribution is -0.121. The molecule has 0 aliphatic carbocycles. The second kappa shape index (κ2) is 11.4. The van der Waals surface area contributed by atoms with Gasteiger partial charge in [0.2, 0.25) is 5.91 Å². The maximum absolute atomic E-state index is 12.4. The van der Waals surface area contributed by atoms with Gasteiger partial charge in [-0.2, -0.15) is 0 Å². The number of benzene rings is 2. The van der Waals surface area contributed by atoms with Crippen molar-refractivity contribution in [3.05, 3.63) is 83.7 Å². The van der Waals surface area contributed by atoms with E-state index in [4.69, 9.17) is 4.74 Å². The summed E-state index contributed by atoms with van der Waals surface area (Å²) in [5.74, 6) is 2.34.